The monoisotopic (exact) mass is 349 g/mol. The maximum Gasteiger partial charge on any atom is 0.236 e. The van der Waals surface area contributed by atoms with Crippen LogP contribution < -0.4 is 10.6 Å². The van der Waals surface area contributed by atoms with Gasteiger partial charge in [0.25, 0.3) is 0 Å². The molecule has 1 rings (SSSR count). The molecule has 7 heteroatoms. The number of piperidine rings is 1. The lowest BCUT2D eigenvalue weighted by Crippen LogP contribution is -2.46. The van der Waals surface area contributed by atoms with Crippen LogP contribution in [0.15, 0.2) is 0 Å². The van der Waals surface area contributed by atoms with Gasteiger partial charge in [-0.3, -0.25) is 9.59 Å². The zero-order valence-corrected chi connectivity index (χ0v) is 15.3. The maximum atomic E-state index is 12.0. The Morgan fingerprint density at radius 1 is 1.17 bits per heavy atom. The van der Waals surface area contributed by atoms with Crippen LogP contribution >= 0.6 is 12.4 Å². The van der Waals surface area contributed by atoms with Gasteiger partial charge in [0.2, 0.25) is 11.8 Å². The Bertz CT molecular complexity index is 303. The molecule has 0 aliphatic carbocycles. The number of nitrogens with zero attached hydrogens (tertiary/aromatic N) is 1. The van der Waals surface area contributed by atoms with Gasteiger partial charge in [-0.25, -0.2) is 0 Å². The first-order valence-electron chi connectivity index (χ1n) is 8.44. The summed E-state index contributed by atoms with van der Waals surface area (Å²) >= 11 is 0. The molecule has 1 saturated heterocycles. The lowest BCUT2D eigenvalue weighted by molar-refractivity contribution is -0.134. The maximum absolute atomic E-state index is 12.0. The molecule has 2 amide bonds. The molecule has 0 saturated carbocycles. The number of amides is 2. The summed E-state index contributed by atoms with van der Waals surface area (Å²) in [7, 11) is 1.64. The van der Waals surface area contributed by atoms with Crippen LogP contribution in [0.3, 0.4) is 0 Å². The number of halogens is 1. The van der Waals surface area contributed by atoms with Crippen LogP contribution in [0.5, 0.6) is 0 Å². The van der Waals surface area contributed by atoms with Crippen LogP contribution in [0.25, 0.3) is 0 Å². The van der Waals surface area contributed by atoms with Crippen molar-refractivity contribution in [3.8, 4) is 0 Å². The fourth-order valence-electron chi connectivity index (χ4n) is 2.60. The second-order valence-corrected chi connectivity index (χ2v) is 5.82. The van der Waals surface area contributed by atoms with Gasteiger partial charge >= 0.3 is 0 Å². The van der Waals surface area contributed by atoms with E-state index in [0.717, 1.165) is 38.6 Å². The van der Waals surface area contributed by atoms with Gasteiger partial charge in [-0.15, -0.1) is 12.4 Å². The number of ether oxygens (including phenoxy) is 1. The number of likely N-dealkylation sites (tertiary alicyclic amines) is 1. The molecule has 136 valence electrons. The molecule has 0 atom stereocenters. The molecule has 2 N–H and O–H groups in total. The van der Waals surface area contributed by atoms with Crippen LogP contribution in [0.2, 0.25) is 0 Å². The highest BCUT2D eigenvalue weighted by Gasteiger charge is 2.26. The third kappa shape index (κ3) is 9.13. The summed E-state index contributed by atoms with van der Waals surface area (Å²) in [5, 5.41) is 6.07. The van der Waals surface area contributed by atoms with E-state index in [1.165, 1.54) is 0 Å². The lowest BCUT2D eigenvalue weighted by Gasteiger charge is -2.31. The molecule has 0 aromatic rings. The third-order valence-electron chi connectivity index (χ3n) is 4.06. The molecule has 0 unspecified atom stereocenters. The highest BCUT2D eigenvalue weighted by atomic mass is 35.5. The SMILES string of the molecule is CCCCCNC(=O)C1CCN(C(=O)CNCCOC)CC1.Cl. The van der Waals surface area contributed by atoms with Gasteiger partial charge in [-0.05, 0) is 19.3 Å². The van der Waals surface area contributed by atoms with Crippen LogP contribution in [0, 0.1) is 5.92 Å². The Morgan fingerprint density at radius 2 is 1.87 bits per heavy atom. The molecule has 1 heterocycles. The molecule has 6 nitrogen and oxygen atoms in total. The average Bonchev–Trinajstić information content (AvgIpc) is 2.55. The fraction of sp³-hybridized carbons (Fsp3) is 0.875. The van der Waals surface area contributed by atoms with Gasteiger partial charge in [0.1, 0.15) is 0 Å². The number of nitrogens with one attached hydrogen (secondary N) is 2. The van der Waals surface area contributed by atoms with Crippen molar-refractivity contribution < 1.29 is 14.3 Å². The van der Waals surface area contributed by atoms with E-state index in [9.17, 15) is 9.59 Å². The topological polar surface area (TPSA) is 70.7 Å². The summed E-state index contributed by atoms with van der Waals surface area (Å²) < 4.78 is 4.93. The summed E-state index contributed by atoms with van der Waals surface area (Å²) in [6, 6.07) is 0. The zero-order chi connectivity index (χ0) is 16.2. The number of carbonyl (C=O) groups excluding carboxylic acids is 2. The lowest BCUT2D eigenvalue weighted by atomic mass is 9.96. The molecule has 1 aliphatic rings. The number of rotatable bonds is 10. The molecule has 0 spiro atoms. The predicted octanol–water partition coefficient (Wildman–Crippen LogP) is 1.19. The molecule has 0 aromatic carbocycles. The van der Waals surface area contributed by atoms with Gasteiger partial charge in [-0.1, -0.05) is 19.8 Å². The minimum Gasteiger partial charge on any atom is -0.383 e. The molecule has 1 aliphatic heterocycles. The van der Waals surface area contributed by atoms with E-state index in [4.69, 9.17) is 4.74 Å². The molecular formula is C16H32ClN3O3. The minimum absolute atomic E-state index is 0. The van der Waals surface area contributed by atoms with Crippen molar-refractivity contribution in [2.24, 2.45) is 5.92 Å². The number of unbranched alkanes of at least 4 members (excludes halogenated alkanes) is 2. The Labute approximate surface area is 146 Å². The van der Waals surface area contributed by atoms with Crippen molar-refractivity contribution in [1.82, 2.24) is 15.5 Å². The van der Waals surface area contributed by atoms with Crippen molar-refractivity contribution in [2.45, 2.75) is 39.0 Å². The average molecular weight is 350 g/mol. The van der Waals surface area contributed by atoms with Crippen molar-refractivity contribution in [1.29, 1.82) is 0 Å². The Balaban J connectivity index is 0.00000484. The van der Waals surface area contributed by atoms with Crippen LogP contribution in [0.4, 0.5) is 0 Å². The summed E-state index contributed by atoms with van der Waals surface area (Å²) in [5.41, 5.74) is 0. The fourth-order valence-corrected chi connectivity index (χ4v) is 2.60. The first-order valence-corrected chi connectivity index (χ1v) is 8.44. The van der Waals surface area contributed by atoms with E-state index >= 15 is 0 Å². The number of carbonyl (C=O) groups is 2. The van der Waals surface area contributed by atoms with Gasteiger partial charge in [0, 0.05) is 39.2 Å². The van der Waals surface area contributed by atoms with Crippen LogP contribution in [0.1, 0.15) is 39.0 Å². The summed E-state index contributed by atoms with van der Waals surface area (Å²) in [4.78, 5) is 25.9. The Hall–Kier alpha value is -0.850. The second kappa shape index (κ2) is 13.6. The molecule has 0 aromatic heterocycles. The van der Waals surface area contributed by atoms with Crippen LogP contribution in [-0.4, -0.2) is 63.2 Å². The zero-order valence-electron chi connectivity index (χ0n) is 14.4. The first-order chi connectivity index (χ1) is 10.7. The highest BCUT2D eigenvalue weighted by Crippen LogP contribution is 2.17. The largest absolute Gasteiger partial charge is 0.383 e. The van der Waals surface area contributed by atoms with Gasteiger partial charge in [-0.2, -0.15) is 0 Å². The molecule has 23 heavy (non-hydrogen) atoms. The number of methoxy groups -OCH3 is 1. The van der Waals surface area contributed by atoms with Crippen molar-refractivity contribution in [3.05, 3.63) is 0 Å². The minimum atomic E-state index is 0. The van der Waals surface area contributed by atoms with Crippen molar-refractivity contribution in [3.63, 3.8) is 0 Å². The highest BCUT2D eigenvalue weighted by molar-refractivity contribution is 5.85. The van der Waals surface area contributed by atoms with Crippen LogP contribution in [-0.2, 0) is 14.3 Å². The summed E-state index contributed by atoms with van der Waals surface area (Å²) in [6.07, 6.45) is 4.90. The van der Waals surface area contributed by atoms with Gasteiger partial charge in [0.15, 0.2) is 0 Å². The summed E-state index contributed by atoms with van der Waals surface area (Å²) in [5.74, 6) is 0.325. The van der Waals surface area contributed by atoms with E-state index in [-0.39, 0.29) is 30.1 Å². The number of hydrogen-bond donors (Lipinski definition) is 2. The van der Waals surface area contributed by atoms with E-state index in [0.29, 0.717) is 32.8 Å². The smallest absolute Gasteiger partial charge is 0.236 e. The van der Waals surface area contributed by atoms with Crippen molar-refractivity contribution in [2.75, 3.05) is 46.4 Å². The van der Waals surface area contributed by atoms with Crippen molar-refractivity contribution >= 4 is 24.2 Å². The van der Waals surface area contributed by atoms with E-state index < -0.39 is 0 Å². The molecule has 1 fully saturated rings. The van der Waals surface area contributed by atoms with Gasteiger partial charge in [0.05, 0.1) is 13.2 Å². The summed E-state index contributed by atoms with van der Waals surface area (Å²) in [6.45, 7) is 5.91. The standard InChI is InChI=1S/C16H31N3O3.ClH/c1-3-4-5-8-18-16(21)14-6-10-19(11-7-14)15(20)13-17-9-12-22-2;/h14,17H,3-13H2,1-2H3,(H,18,21);1H. The second-order valence-electron chi connectivity index (χ2n) is 5.82. The number of hydrogen-bond acceptors (Lipinski definition) is 4. The van der Waals surface area contributed by atoms with E-state index in [1.54, 1.807) is 7.11 Å². The Morgan fingerprint density at radius 3 is 2.48 bits per heavy atom. The quantitative estimate of drug-likeness (QED) is 0.581. The molecule has 0 radical (unpaired) electrons. The third-order valence-corrected chi connectivity index (χ3v) is 4.06. The van der Waals surface area contributed by atoms with E-state index in [1.807, 2.05) is 4.90 Å². The first kappa shape index (κ1) is 22.1. The molecule has 0 bridgehead atoms. The Kier molecular flexibility index (Phi) is 13.1. The molecular weight excluding hydrogens is 318 g/mol. The van der Waals surface area contributed by atoms with Gasteiger partial charge < -0.3 is 20.3 Å². The predicted molar refractivity (Wildman–Crippen MR) is 93.8 cm³/mol. The normalized spacial score (nSPS) is 15.1. The van der Waals surface area contributed by atoms with E-state index in [2.05, 4.69) is 17.6 Å².